The monoisotopic (exact) mass is 319 g/mol. The van der Waals surface area contributed by atoms with Gasteiger partial charge in [0.15, 0.2) is 0 Å². The van der Waals surface area contributed by atoms with E-state index in [0.717, 1.165) is 5.56 Å². The zero-order chi connectivity index (χ0) is 15.2. The number of hydrogen-bond donors (Lipinski definition) is 1. The SMILES string of the molecule is N#C[C@@H](Cc1ccncc1)C(=O)Nc1cc(Cl)ccc1Cl. The zero-order valence-electron chi connectivity index (χ0n) is 10.9. The smallest absolute Gasteiger partial charge is 0.242 e. The summed E-state index contributed by atoms with van der Waals surface area (Å²) >= 11 is 11.8. The summed E-state index contributed by atoms with van der Waals surface area (Å²) in [5, 5.41) is 12.6. The van der Waals surface area contributed by atoms with Gasteiger partial charge in [-0.15, -0.1) is 0 Å². The highest BCUT2D eigenvalue weighted by molar-refractivity contribution is 6.35. The van der Waals surface area contributed by atoms with Gasteiger partial charge >= 0.3 is 0 Å². The van der Waals surface area contributed by atoms with Gasteiger partial charge in [-0.1, -0.05) is 23.2 Å². The van der Waals surface area contributed by atoms with Gasteiger partial charge in [-0.2, -0.15) is 5.26 Å². The van der Waals surface area contributed by atoms with Crippen molar-refractivity contribution < 1.29 is 4.79 Å². The molecule has 0 saturated carbocycles. The molecule has 1 aromatic carbocycles. The Kier molecular flexibility index (Phi) is 5.15. The fourth-order valence-corrected chi connectivity index (χ4v) is 2.10. The van der Waals surface area contributed by atoms with E-state index in [4.69, 9.17) is 23.2 Å². The van der Waals surface area contributed by atoms with Crippen molar-refractivity contribution in [2.45, 2.75) is 6.42 Å². The van der Waals surface area contributed by atoms with Crippen LogP contribution in [0.15, 0.2) is 42.7 Å². The fraction of sp³-hybridized carbons (Fsp3) is 0.133. The van der Waals surface area contributed by atoms with Crippen LogP contribution < -0.4 is 5.32 Å². The first-order chi connectivity index (χ1) is 10.1. The molecule has 4 nitrogen and oxygen atoms in total. The Bertz CT molecular complexity index is 683. The van der Waals surface area contributed by atoms with Crippen molar-refractivity contribution in [2.24, 2.45) is 5.92 Å². The lowest BCUT2D eigenvalue weighted by Gasteiger charge is -2.11. The number of amides is 1. The first-order valence-electron chi connectivity index (χ1n) is 6.14. The minimum Gasteiger partial charge on any atom is -0.324 e. The second-order valence-corrected chi connectivity index (χ2v) is 5.20. The number of carbonyl (C=O) groups is 1. The Hall–Kier alpha value is -2.09. The van der Waals surface area contributed by atoms with E-state index in [2.05, 4.69) is 10.3 Å². The second-order valence-electron chi connectivity index (χ2n) is 4.35. The maximum Gasteiger partial charge on any atom is 0.242 e. The summed E-state index contributed by atoms with van der Waals surface area (Å²) in [5.74, 6) is -1.24. The van der Waals surface area contributed by atoms with Crippen molar-refractivity contribution in [1.82, 2.24) is 4.98 Å². The Morgan fingerprint density at radius 3 is 2.67 bits per heavy atom. The summed E-state index contributed by atoms with van der Waals surface area (Å²) in [7, 11) is 0. The molecule has 1 N–H and O–H groups in total. The molecule has 2 rings (SSSR count). The number of pyridine rings is 1. The molecule has 1 heterocycles. The van der Waals surface area contributed by atoms with Gasteiger partial charge in [-0.05, 0) is 42.3 Å². The van der Waals surface area contributed by atoms with E-state index in [9.17, 15) is 10.1 Å². The molecule has 0 radical (unpaired) electrons. The lowest BCUT2D eigenvalue weighted by molar-refractivity contribution is -0.118. The third kappa shape index (κ3) is 4.19. The third-order valence-electron chi connectivity index (χ3n) is 2.85. The van der Waals surface area contributed by atoms with E-state index in [1.54, 1.807) is 42.7 Å². The van der Waals surface area contributed by atoms with Gasteiger partial charge in [0.2, 0.25) is 5.91 Å². The summed E-state index contributed by atoms with van der Waals surface area (Å²) in [4.78, 5) is 16.1. The minimum atomic E-state index is -0.817. The Morgan fingerprint density at radius 2 is 2.00 bits per heavy atom. The summed E-state index contributed by atoms with van der Waals surface area (Å²) in [5.41, 5.74) is 1.26. The minimum absolute atomic E-state index is 0.309. The Morgan fingerprint density at radius 1 is 1.29 bits per heavy atom. The summed E-state index contributed by atoms with van der Waals surface area (Å²) in [6.07, 6.45) is 3.55. The van der Waals surface area contributed by atoms with E-state index in [-0.39, 0.29) is 0 Å². The molecular weight excluding hydrogens is 309 g/mol. The van der Waals surface area contributed by atoms with E-state index in [1.165, 1.54) is 0 Å². The maximum atomic E-state index is 12.2. The van der Waals surface area contributed by atoms with Crippen LogP contribution in [0.4, 0.5) is 5.69 Å². The first kappa shape index (κ1) is 15.3. The lowest BCUT2D eigenvalue weighted by Crippen LogP contribution is -2.23. The molecule has 0 bridgehead atoms. The molecule has 2 aromatic rings. The van der Waals surface area contributed by atoms with Gasteiger partial charge < -0.3 is 5.32 Å². The average Bonchev–Trinajstić information content (AvgIpc) is 2.49. The fourth-order valence-electron chi connectivity index (χ4n) is 1.76. The third-order valence-corrected chi connectivity index (χ3v) is 3.41. The van der Waals surface area contributed by atoms with Gasteiger partial charge in [-0.25, -0.2) is 0 Å². The largest absolute Gasteiger partial charge is 0.324 e. The van der Waals surface area contributed by atoms with Crippen LogP contribution in [0.3, 0.4) is 0 Å². The quantitative estimate of drug-likeness (QED) is 0.934. The van der Waals surface area contributed by atoms with Gasteiger partial charge in [0.25, 0.3) is 0 Å². The van der Waals surface area contributed by atoms with Crippen LogP contribution in [-0.4, -0.2) is 10.9 Å². The molecule has 0 aliphatic rings. The summed E-state index contributed by atoms with van der Waals surface area (Å²) in [6.45, 7) is 0. The molecule has 1 amide bonds. The topological polar surface area (TPSA) is 65.8 Å². The number of benzene rings is 1. The molecule has 106 valence electrons. The zero-order valence-corrected chi connectivity index (χ0v) is 12.4. The van der Waals surface area contributed by atoms with E-state index in [0.29, 0.717) is 22.2 Å². The number of halogens is 2. The van der Waals surface area contributed by atoms with Gasteiger partial charge in [0.1, 0.15) is 5.92 Å². The van der Waals surface area contributed by atoms with Crippen LogP contribution in [0.25, 0.3) is 0 Å². The second kappa shape index (κ2) is 7.07. The normalized spacial score (nSPS) is 11.5. The number of nitriles is 1. The standard InChI is InChI=1S/C15H11Cl2N3O/c16-12-1-2-13(17)14(8-12)20-15(21)11(9-18)7-10-3-5-19-6-4-10/h1-6,8,11H,7H2,(H,20,21)/t11-/m1/s1. The Labute approximate surface area is 132 Å². The highest BCUT2D eigenvalue weighted by atomic mass is 35.5. The molecule has 0 aliphatic heterocycles. The molecular formula is C15H11Cl2N3O. The number of carbonyl (C=O) groups excluding carboxylic acids is 1. The summed E-state index contributed by atoms with van der Waals surface area (Å²) in [6, 6.07) is 10.3. The predicted molar refractivity (Wildman–Crippen MR) is 82.1 cm³/mol. The van der Waals surface area contributed by atoms with Crippen molar-refractivity contribution in [3.05, 3.63) is 58.3 Å². The van der Waals surface area contributed by atoms with Gasteiger partial charge in [0.05, 0.1) is 16.8 Å². The van der Waals surface area contributed by atoms with Crippen LogP contribution >= 0.6 is 23.2 Å². The molecule has 0 spiro atoms. The van der Waals surface area contributed by atoms with E-state index < -0.39 is 11.8 Å². The van der Waals surface area contributed by atoms with Gasteiger partial charge in [-0.3, -0.25) is 9.78 Å². The van der Waals surface area contributed by atoms with Crippen molar-refractivity contribution in [1.29, 1.82) is 5.26 Å². The highest BCUT2D eigenvalue weighted by Gasteiger charge is 2.19. The highest BCUT2D eigenvalue weighted by Crippen LogP contribution is 2.26. The van der Waals surface area contributed by atoms with E-state index >= 15 is 0 Å². The summed E-state index contributed by atoms with van der Waals surface area (Å²) < 4.78 is 0. The number of anilines is 1. The molecule has 21 heavy (non-hydrogen) atoms. The molecule has 0 unspecified atom stereocenters. The first-order valence-corrected chi connectivity index (χ1v) is 6.90. The Balaban J connectivity index is 2.10. The molecule has 0 aliphatic carbocycles. The van der Waals surface area contributed by atoms with Crippen LogP contribution in [0.1, 0.15) is 5.56 Å². The number of rotatable bonds is 4. The molecule has 0 fully saturated rings. The van der Waals surface area contributed by atoms with Crippen molar-refractivity contribution in [2.75, 3.05) is 5.32 Å². The van der Waals surface area contributed by atoms with Crippen LogP contribution in [0.5, 0.6) is 0 Å². The van der Waals surface area contributed by atoms with Crippen molar-refractivity contribution in [3.63, 3.8) is 0 Å². The van der Waals surface area contributed by atoms with E-state index in [1.807, 2.05) is 6.07 Å². The van der Waals surface area contributed by atoms with Crippen LogP contribution in [0.2, 0.25) is 10.0 Å². The number of hydrogen-bond acceptors (Lipinski definition) is 3. The average molecular weight is 320 g/mol. The van der Waals surface area contributed by atoms with Crippen molar-refractivity contribution >= 4 is 34.8 Å². The van der Waals surface area contributed by atoms with Crippen LogP contribution in [-0.2, 0) is 11.2 Å². The molecule has 0 saturated heterocycles. The predicted octanol–water partition coefficient (Wildman–Crippen LogP) is 3.71. The number of nitrogens with one attached hydrogen (secondary N) is 1. The number of aromatic nitrogens is 1. The molecule has 1 aromatic heterocycles. The van der Waals surface area contributed by atoms with Crippen LogP contribution in [0, 0.1) is 17.2 Å². The lowest BCUT2D eigenvalue weighted by atomic mass is 10.0. The molecule has 6 heteroatoms. The maximum absolute atomic E-state index is 12.2. The number of nitrogens with zero attached hydrogens (tertiary/aromatic N) is 2. The van der Waals surface area contributed by atoms with Crippen molar-refractivity contribution in [3.8, 4) is 6.07 Å². The van der Waals surface area contributed by atoms with Gasteiger partial charge in [0, 0.05) is 17.4 Å². The molecule has 1 atom stereocenters.